The predicted molar refractivity (Wildman–Crippen MR) is 61.9 cm³/mol. The van der Waals surface area contributed by atoms with Gasteiger partial charge in [-0.3, -0.25) is 0 Å². The number of rotatable bonds is 6. The first kappa shape index (κ1) is 11.4. The maximum absolute atomic E-state index is 9.37. The number of aliphatic hydroxyl groups excluding tert-OH is 1. The van der Waals surface area contributed by atoms with Crippen molar-refractivity contribution in [1.82, 2.24) is 10.6 Å². The third kappa shape index (κ3) is 3.16. The first-order chi connectivity index (χ1) is 7.24. The lowest BCUT2D eigenvalue weighted by atomic mass is 10.0. The summed E-state index contributed by atoms with van der Waals surface area (Å²) >= 11 is 0. The van der Waals surface area contributed by atoms with E-state index < -0.39 is 0 Å². The summed E-state index contributed by atoms with van der Waals surface area (Å²) in [6.45, 7) is 5.24. The molecule has 1 aliphatic heterocycles. The molecule has 0 aromatic heterocycles. The SMILES string of the molecule is CCCC1(CNCC2CC(O)CN2)CC1. The molecule has 88 valence electrons. The third-order valence-corrected chi connectivity index (χ3v) is 3.83. The standard InChI is InChI=1S/C12H24N2O/c1-2-3-12(4-5-12)9-13-7-10-6-11(15)8-14-10/h10-11,13-15H,2-9H2,1H3. The molecular weight excluding hydrogens is 188 g/mol. The summed E-state index contributed by atoms with van der Waals surface area (Å²) < 4.78 is 0. The summed E-state index contributed by atoms with van der Waals surface area (Å²) in [5.74, 6) is 0. The molecule has 3 N–H and O–H groups in total. The van der Waals surface area contributed by atoms with Gasteiger partial charge in [-0.15, -0.1) is 0 Å². The molecule has 2 aliphatic rings. The average Bonchev–Trinajstić information content (AvgIpc) is 2.83. The Balaban J connectivity index is 1.59. The summed E-state index contributed by atoms with van der Waals surface area (Å²) in [4.78, 5) is 0. The lowest BCUT2D eigenvalue weighted by Crippen LogP contribution is -2.36. The largest absolute Gasteiger partial charge is 0.392 e. The summed E-state index contributed by atoms with van der Waals surface area (Å²) in [6.07, 6.45) is 6.29. The van der Waals surface area contributed by atoms with Crippen molar-refractivity contribution in [3.8, 4) is 0 Å². The molecule has 2 unspecified atom stereocenters. The van der Waals surface area contributed by atoms with Gasteiger partial charge in [0.25, 0.3) is 0 Å². The average molecular weight is 212 g/mol. The summed E-state index contributed by atoms with van der Waals surface area (Å²) in [5, 5.41) is 16.3. The van der Waals surface area contributed by atoms with Crippen LogP contribution in [-0.4, -0.2) is 36.9 Å². The van der Waals surface area contributed by atoms with Crippen molar-refractivity contribution >= 4 is 0 Å². The van der Waals surface area contributed by atoms with Crippen molar-refractivity contribution in [2.24, 2.45) is 5.41 Å². The molecule has 1 aliphatic carbocycles. The molecular formula is C12H24N2O. The van der Waals surface area contributed by atoms with Crippen LogP contribution < -0.4 is 10.6 Å². The fraction of sp³-hybridized carbons (Fsp3) is 1.00. The Morgan fingerprint density at radius 2 is 2.27 bits per heavy atom. The monoisotopic (exact) mass is 212 g/mol. The molecule has 15 heavy (non-hydrogen) atoms. The van der Waals surface area contributed by atoms with Crippen LogP contribution in [0.1, 0.15) is 39.0 Å². The van der Waals surface area contributed by atoms with Crippen LogP contribution in [0.25, 0.3) is 0 Å². The maximum Gasteiger partial charge on any atom is 0.0680 e. The minimum atomic E-state index is -0.123. The number of β-amino-alcohol motifs (C(OH)–C–C–N with tert-alkyl or cyclic N) is 1. The van der Waals surface area contributed by atoms with E-state index in [4.69, 9.17) is 0 Å². The van der Waals surface area contributed by atoms with Crippen LogP contribution in [0.15, 0.2) is 0 Å². The van der Waals surface area contributed by atoms with Crippen LogP contribution in [0.5, 0.6) is 0 Å². The lowest BCUT2D eigenvalue weighted by Gasteiger charge is -2.17. The lowest BCUT2D eigenvalue weighted by molar-refractivity contribution is 0.193. The highest BCUT2D eigenvalue weighted by molar-refractivity contribution is 4.95. The van der Waals surface area contributed by atoms with Gasteiger partial charge in [0.15, 0.2) is 0 Å². The number of hydrogen-bond donors (Lipinski definition) is 3. The van der Waals surface area contributed by atoms with E-state index in [2.05, 4.69) is 17.6 Å². The minimum Gasteiger partial charge on any atom is -0.392 e. The molecule has 2 atom stereocenters. The Morgan fingerprint density at radius 1 is 1.47 bits per heavy atom. The fourth-order valence-corrected chi connectivity index (χ4v) is 2.69. The predicted octanol–water partition coefficient (Wildman–Crippen LogP) is 0.879. The number of hydrogen-bond acceptors (Lipinski definition) is 3. The van der Waals surface area contributed by atoms with Gasteiger partial charge in [0.1, 0.15) is 0 Å². The van der Waals surface area contributed by atoms with Crippen molar-refractivity contribution in [2.45, 2.75) is 51.2 Å². The molecule has 0 spiro atoms. The van der Waals surface area contributed by atoms with Crippen LogP contribution in [0.3, 0.4) is 0 Å². The molecule has 3 nitrogen and oxygen atoms in total. The first-order valence-electron chi connectivity index (χ1n) is 6.36. The molecule has 0 amide bonds. The van der Waals surface area contributed by atoms with E-state index in [0.29, 0.717) is 11.5 Å². The van der Waals surface area contributed by atoms with E-state index >= 15 is 0 Å². The van der Waals surface area contributed by atoms with Crippen molar-refractivity contribution in [3.05, 3.63) is 0 Å². The van der Waals surface area contributed by atoms with Gasteiger partial charge in [0.2, 0.25) is 0 Å². The van der Waals surface area contributed by atoms with E-state index in [1.54, 1.807) is 0 Å². The summed E-state index contributed by atoms with van der Waals surface area (Å²) in [5.41, 5.74) is 0.645. The van der Waals surface area contributed by atoms with Crippen LogP contribution >= 0.6 is 0 Å². The molecule has 2 fully saturated rings. The molecule has 1 saturated carbocycles. The van der Waals surface area contributed by atoms with Gasteiger partial charge >= 0.3 is 0 Å². The molecule has 3 heteroatoms. The Morgan fingerprint density at radius 3 is 2.80 bits per heavy atom. The van der Waals surface area contributed by atoms with E-state index in [0.717, 1.165) is 19.5 Å². The fourth-order valence-electron chi connectivity index (χ4n) is 2.69. The molecule has 2 rings (SSSR count). The highest BCUT2D eigenvalue weighted by Crippen LogP contribution is 2.48. The second-order valence-electron chi connectivity index (χ2n) is 5.38. The Bertz CT molecular complexity index is 204. The third-order valence-electron chi connectivity index (χ3n) is 3.83. The van der Waals surface area contributed by atoms with Gasteiger partial charge in [0, 0.05) is 25.7 Å². The molecule has 0 aromatic carbocycles. The number of aliphatic hydroxyl groups is 1. The number of nitrogens with one attached hydrogen (secondary N) is 2. The Kier molecular flexibility index (Phi) is 3.65. The zero-order valence-electron chi connectivity index (χ0n) is 9.76. The quantitative estimate of drug-likeness (QED) is 0.612. The molecule has 0 bridgehead atoms. The van der Waals surface area contributed by atoms with Gasteiger partial charge in [-0.05, 0) is 31.1 Å². The summed E-state index contributed by atoms with van der Waals surface area (Å²) in [7, 11) is 0. The zero-order chi connectivity index (χ0) is 10.7. The van der Waals surface area contributed by atoms with Gasteiger partial charge < -0.3 is 15.7 Å². The van der Waals surface area contributed by atoms with Gasteiger partial charge in [0.05, 0.1) is 6.10 Å². The van der Waals surface area contributed by atoms with Crippen molar-refractivity contribution in [2.75, 3.05) is 19.6 Å². The first-order valence-corrected chi connectivity index (χ1v) is 6.36. The highest BCUT2D eigenvalue weighted by Gasteiger charge is 2.40. The van der Waals surface area contributed by atoms with Crippen LogP contribution in [0, 0.1) is 5.41 Å². The Labute approximate surface area is 92.6 Å². The van der Waals surface area contributed by atoms with Crippen LogP contribution in [-0.2, 0) is 0 Å². The minimum absolute atomic E-state index is 0.123. The van der Waals surface area contributed by atoms with Crippen molar-refractivity contribution in [1.29, 1.82) is 0 Å². The molecule has 1 heterocycles. The van der Waals surface area contributed by atoms with E-state index in [1.165, 1.54) is 32.2 Å². The second kappa shape index (κ2) is 4.81. The zero-order valence-corrected chi connectivity index (χ0v) is 9.76. The van der Waals surface area contributed by atoms with E-state index in [1.807, 2.05) is 0 Å². The second-order valence-corrected chi connectivity index (χ2v) is 5.38. The van der Waals surface area contributed by atoms with Crippen molar-refractivity contribution < 1.29 is 5.11 Å². The molecule has 1 saturated heterocycles. The Hall–Kier alpha value is -0.120. The molecule has 0 radical (unpaired) electrons. The van der Waals surface area contributed by atoms with Crippen LogP contribution in [0.2, 0.25) is 0 Å². The summed E-state index contributed by atoms with van der Waals surface area (Å²) in [6, 6.07) is 0.484. The van der Waals surface area contributed by atoms with Gasteiger partial charge in [-0.25, -0.2) is 0 Å². The normalized spacial score (nSPS) is 33.2. The van der Waals surface area contributed by atoms with Gasteiger partial charge in [-0.2, -0.15) is 0 Å². The smallest absolute Gasteiger partial charge is 0.0680 e. The van der Waals surface area contributed by atoms with Gasteiger partial charge in [-0.1, -0.05) is 13.3 Å². The topological polar surface area (TPSA) is 44.3 Å². The highest BCUT2D eigenvalue weighted by atomic mass is 16.3. The van der Waals surface area contributed by atoms with Crippen LogP contribution in [0.4, 0.5) is 0 Å². The molecule has 0 aromatic rings. The maximum atomic E-state index is 9.37. The van der Waals surface area contributed by atoms with E-state index in [-0.39, 0.29) is 6.10 Å². The van der Waals surface area contributed by atoms with Crippen molar-refractivity contribution in [3.63, 3.8) is 0 Å². The van der Waals surface area contributed by atoms with E-state index in [9.17, 15) is 5.11 Å².